The molecule has 4 aromatic rings. The Morgan fingerprint density at radius 3 is 2.67 bits per heavy atom. The van der Waals surface area contributed by atoms with Crippen molar-refractivity contribution in [1.82, 2.24) is 19.6 Å². The van der Waals surface area contributed by atoms with Crippen LogP contribution in [0.2, 0.25) is 5.02 Å². The van der Waals surface area contributed by atoms with Gasteiger partial charge in [0.05, 0.1) is 24.6 Å². The molecule has 0 fully saturated rings. The summed E-state index contributed by atoms with van der Waals surface area (Å²) in [5.74, 6) is 1.05. The molecule has 0 bridgehead atoms. The Morgan fingerprint density at radius 2 is 1.90 bits per heavy atom. The minimum Gasteiger partial charge on any atom is -0.486 e. The van der Waals surface area contributed by atoms with Crippen LogP contribution >= 0.6 is 11.6 Å². The first-order valence-corrected chi connectivity index (χ1v) is 9.79. The van der Waals surface area contributed by atoms with Gasteiger partial charge in [0.2, 0.25) is 0 Å². The number of benzene rings is 1. The fraction of sp³-hybridized carbons (Fsp3) is 0.190. The lowest BCUT2D eigenvalue weighted by molar-refractivity contribution is 0.0992. The average molecular weight is 426 g/mol. The SMILES string of the molecule is CCn1cc(Cn2cc(NC(=O)c3ccc(COc4ccc(Cl)cc4)o3)cn2)cn1. The van der Waals surface area contributed by atoms with Crippen molar-refractivity contribution in [2.45, 2.75) is 26.6 Å². The van der Waals surface area contributed by atoms with Gasteiger partial charge in [0.15, 0.2) is 5.76 Å². The van der Waals surface area contributed by atoms with Crippen molar-refractivity contribution < 1.29 is 13.9 Å². The number of furan rings is 1. The maximum absolute atomic E-state index is 12.4. The lowest BCUT2D eigenvalue weighted by atomic mass is 10.3. The van der Waals surface area contributed by atoms with E-state index < -0.39 is 0 Å². The Labute approximate surface area is 178 Å². The molecule has 0 aliphatic heterocycles. The number of carbonyl (C=O) groups excluding carboxylic acids is 1. The molecule has 4 rings (SSSR count). The monoisotopic (exact) mass is 425 g/mol. The second-order valence-corrected chi connectivity index (χ2v) is 7.03. The summed E-state index contributed by atoms with van der Waals surface area (Å²) < 4.78 is 14.8. The van der Waals surface area contributed by atoms with Crippen molar-refractivity contribution in [3.63, 3.8) is 0 Å². The third kappa shape index (κ3) is 4.90. The fourth-order valence-corrected chi connectivity index (χ4v) is 2.94. The van der Waals surface area contributed by atoms with Crippen LogP contribution in [0.5, 0.6) is 5.75 Å². The molecular weight excluding hydrogens is 406 g/mol. The average Bonchev–Trinajstić information content (AvgIpc) is 3.49. The molecule has 0 unspecified atom stereocenters. The predicted octanol–water partition coefficient (Wildman–Crippen LogP) is 4.23. The van der Waals surface area contributed by atoms with Crippen molar-refractivity contribution in [3.05, 3.63) is 83.3 Å². The van der Waals surface area contributed by atoms with Crippen molar-refractivity contribution in [2.75, 3.05) is 5.32 Å². The number of rotatable bonds is 8. The molecule has 8 nitrogen and oxygen atoms in total. The van der Waals surface area contributed by atoms with Gasteiger partial charge in [-0.1, -0.05) is 11.6 Å². The number of hydrogen-bond acceptors (Lipinski definition) is 5. The van der Waals surface area contributed by atoms with Gasteiger partial charge >= 0.3 is 0 Å². The number of hydrogen-bond donors (Lipinski definition) is 1. The van der Waals surface area contributed by atoms with Crippen LogP contribution in [-0.2, 0) is 19.7 Å². The normalized spacial score (nSPS) is 10.9. The van der Waals surface area contributed by atoms with Crippen molar-refractivity contribution in [3.8, 4) is 5.75 Å². The highest BCUT2D eigenvalue weighted by molar-refractivity contribution is 6.30. The van der Waals surface area contributed by atoms with Crippen LogP contribution in [0.25, 0.3) is 0 Å². The van der Waals surface area contributed by atoms with E-state index in [-0.39, 0.29) is 18.3 Å². The molecule has 0 spiro atoms. The molecule has 3 heterocycles. The van der Waals surface area contributed by atoms with E-state index >= 15 is 0 Å². The van der Waals surface area contributed by atoms with Gasteiger partial charge in [-0.3, -0.25) is 14.2 Å². The Kier molecular flexibility index (Phi) is 5.85. The molecule has 0 radical (unpaired) electrons. The molecule has 1 amide bonds. The van der Waals surface area contributed by atoms with Gasteiger partial charge in [-0.05, 0) is 43.3 Å². The standard InChI is InChI=1S/C21H20ClN5O3/c1-2-26-11-15(9-23-26)12-27-13-17(10-24-27)25-21(28)20-8-7-19(30-20)14-29-18-5-3-16(22)4-6-18/h3-11,13H,2,12,14H2,1H3,(H,25,28). The number of aromatic nitrogens is 4. The molecule has 3 aromatic heterocycles. The van der Waals surface area contributed by atoms with Crippen LogP contribution in [-0.4, -0.2) is 25.5 Å². The lowest BCUT2D eigenvalue weighted by Gasteiger charge is -2.04. The molecule has 9 heteroatoms. The summed E-state index contributed by atoms with van der Waals surface area (Å²) in [4.78, 5) is 12.4. The summed E-state index contributed by atoms with van der Waals surface area (Å²) in [6, 6.07) is 10.3. The highest BCUT2D eigenvalue weighted by atomic mass is 35.5. The molecule has 0 saturated heterocycles. The molecular formula is C21H20ClN5O3. The van der Waals surface area contributed by atoms with Crippen LogP contribution in [0, 0.1) is 0 Å². The minimum absolute atomic E-state index is 0.196. The maximum Gasteiger partial charge on any atom is 0.291 e. The zero-order chi connectivity index (χ0) is 20.9. The maximum atomic E-state index is 12.4. The molecule has 0 aliphatic carbocycles. The van der Waals surface area contributed by atoms with E-state index in [0.717, 1.165) is 12.1 Å². The number of nitrogens with one attached hydrogen (secondary N) is 1. The summed E-state index contributed by atoms with van der Waals surface area (Å²) in [7, 11) is 0. The third-order valence-electron chi connectivity index (χ3n) is 4.33. The Hall–Kier alpha value is -3.52. The Bertz CT molecular complexity index is 1130. The van der Waals surface area contributed by atoms with Crippen LogP contribution in [0.15, 0.2) is 65.6 Å². The van der Waals surface area contributed by atoms with E-state index in [1.165, 1.54) is 0 Å². The quantitative estimate of drug-likeness (QED) is 0.456. The molecule has 0 saturated carbocycles. The van der Waals surface area contributed by atoms with Gasteiger partial charge < -0.3 is 14.5 Å². The lowest BCUT2D eigenvalue weighted by Crippen LogP contribution is -2.10. The third-order valence-corrected chi connectivity index (χ3v) is 4.58. The number of nitrogens with zero attached hydrogens (tertiary/aromatic N) is 4. The van der Waals surface area contributed by atoms with Crippen LogP contribution in [0.3, 0.4) is 0 Å². The molecule has 154 valence electrons. The van der Waals surface area contributed by atoms with Crippen molar-refractivity contribution >= 4 is 23.2 Å². The number of amides is 1. The van der Waals surface area contributed by atoms with Crippen LogP contribution in [0.4, 0.5) is 5.69 Å². The first-order chi connectivity index (χ1) is 14.6. The largest absolute Gasteiger partial charge is 0.486 e. The molecule has 30 heavy (non-hydrogen) atoms. The first kappa shape index (κ1) is 19.8. The van der Waals surface area contributed by atoms with E-state index in [4.69, 9.17) is 20.8 Å². The Balaban J connectivity index is 1.32. The van der Waals surface area contributed by atoms with Gasteiger partial charge in [-0.15, -0.1) is 0 Å². The zero-order valence-corrected chi connectivity index (χ0v) is 17.0. The number of aryl methyl sites for hydroxylation is 1. The van der Waals surface area contributed by atoms with Gasteiger partial charge in [-0.25, -0.2) is 0 Å². The highest BCUT2D eigenvalue weighted by Crippen LogP contribution is 2.18. The van der Waals surface area contributed by atoms with Gasteiger partial charge in [0, 0.05) is 29.5 Å². The Morgan fingerprint density at radius 1 is 1.10 bits per heavy atom. The predicted molar refractivity (Wildman–Crippen MR) is 112 cm³/mol. The van der Waals surface area contributed by atoms with E-state index in [9.17, 15) is 4.79 Å². The zero-order valence-electron chi connectivity index (χ0n) is 16.3. The first-order valence-electron chi connectivity index (χ1n) is 9.41. The van der Waals surface area contributed by atoms with E-state index in [1.54, 1.807) is 59.7 Å². The summed E-state index contributed by atoms with van der Waals surface area (Å²) in [6.45, 7) is 3.62. The topological polar surface area (TPSA) is 87.1 Å². The second kappa shape index (κ2) is 8.87. The number of anilines is 1. The molecule has 0 aliphatic rings. The van der Waals surface area contributed by atoms with Crippen molar-refractivity contribution in [1.29, 1.82) is 0 Å². The minimum atomic E-state index is -0.355. The number of carbonyl (C=O) groups is 1. The van der Waals surface area contributed by atoms with Crippen LogP contribution < -0.4 is 10.1 Å². The summed E-state index contributed by atoms with van der Waals surface area (Å²) in [5, 5.41) is 11.9. The van der Waals surface area contributed by atoms with E-state index in [1.807, 2.05) is 17.8 Å². The van der Waals surface area contributed by atoms with Crippen molar-refractivity contribution in [2.24, 2.45) is 0 Å². The molecule has 1 N–H and O–H groups in total. The second-order valence-electron chi connectivity index (χ2n) is 6.59. The fourth-order valence-electron chi connectivity index (χ4n) is 2.82. The summed E-state index contributed by atoms with van der Waals surface area (Å²) >= 11 is 5.85. The molecule has 1 aromatic carbocycles. The van der Waals surface area contributed by atoms with E-state index in [2.05, 4.69) is 15.5 Å². The van der Waals surface area contributed by atoms with Crippen LogP contribution in [0.1, 0.15) is 28.8 Å². The molecule has 0 atom stereocenters. The summed E-state index contributed by atoms with van der Waals surface area (Å²) in [6.07, 6.45) is 7.13. The number of ether oxygens (including phenoxy) is 1. The van der Waals surface area contributed by atoms with Gasteiger partial charge in [-0.2, -0.15) is 10.2 Å². The van der Waals surface area contributed by atoms with E-state index in [0.29, 0.717) is 28.8 Å². The number of halogens is 1. The highest BCUT2D eigenvalue weighted by Gasteiger charge is 2.13. The van der Waals surface area contributed by atoms with Gasteiger partial charge in [0.1, 0.15) is 18.1 Å². The summed E-state index contributed by atoms with van der Waals surface area (Å²) in [5.41, 5.74) is 1.62. The van der Waals surface area contributed by atoms with Gasteiger partial charge in [0.25, 0.3) is 5.91 Å². The smallest absolute Gasteiger partial charge is 0.291 e.